The minimum absolute atomic E-state index is 0.370. The van der Waals surface area contributed by atoms with E-state index in [1.165, 1.54) is 4.57 Å². The molecular formula is C13H18N4O2. The maximum absolute atomic E-state index is 11.9. The normalized spacial score (nSPS) is 11.0. The second kappa shape index (κ2) is 5.69. The van der Waals surface area contributed by atoms with E-state index in [0.29, 0.717) is 17.7 Å². The lowest BCUT2D eigenvalue weighted by Gasteiger charge is -2.04. The second-order valence-corrected chi connectivity index (χ2v) is 4.40. The van der Waals surface area contributed by atoms with Gasteiger partial charge in [0.15, 0.2) is 11.2 Å². The first-order valence-electron chi connectivity index (χ1n) is 6.48. The zero-order valence-corrected chi connectivity index (χ0v) is 11.1. The first-order valence-corrected chi connectivity index (χ1v) is 6.48. The third-order valence-electron chi connectivity index (χ3n) is 3.13. The smallest absolute Gasteiger partial charge is 0.325 e. The molecule has 2 aromatic rings. The van der Waals surface area contributed by atoms with Gasteiger partial charge in [0.05, 0.1) is 6.33 Å². The average molecular weight is 262 g/mol. The number of aryl methyl sites for hydroxylation is 2. The number of unbranched alkanes of at least 4 members (excludes halogenated alkanes) is 2. The average Bonchev–Trinajstić information content (AvgIpc) is 2.79. The summed E-state index contributed by atoms with van der Waals surface area (Å²) in [5.74, 6) is 0. The Morgan fingerprint density at radius 1 is 1.42 bits per heavy atom. The minimum Gasteiger partial charge on any atom is -0.325 e. The van der Waals surface area contributed by atoms with Gasteiger partial charge in [0.25, 0.3) is 5.56 Å². The van der Waals surface area contributed by atoms with Crippen molar-refractivity contribution in [1.82, 2.24) is 19.1 Å². The van der Waals surface area contributed by atoms with Crippen LogP contribution in [0.4, 0.5) is 0 Å². The summed E-state index contributed by atoms with van der Waals surface area (Å²) in [6.45, 7) is 6.73. The van der Waals surface area contributed by atoms with Gasteiger partial charge in [-0.25, -0.2) is 9.78 Å². The van der Waals surface area contributed by atoms with Gasteiger partial charge in [-0.05, 0) is 26.2 Å². The number of aromatic nitrogens is 4. The molecule has 0 atom stereocenters. The van der Waals surface area contributed by atoms with Gasteiger partial charge >= 0.3 is 5.69 Å². The summed E-state index contributed by atoms with van der Waals surface area (Å²) in [6, 6.07) is 0. The van der Waals surface area contributed by atoms with Crippen LogP contribution in [0.25, 0.3) is 11.2 Å². The fourth-order valence-electron chi connectivity index (χ4n) is 2.15. The van der Waals surface area contributed by atoms with Gasteiger partial charge in [-0.1, -0.05) is 6.08 Å². The molecule has 2 aromatic heterocycles. The molecule has 102 valence electrons. The van der Waals surface area contributed by atoms with Gasteiger partial charge in [0.2, 0.25) is 0 Å². The standard InChI is InChI=1S/C13H18N4O2/c1-3-5-6-7-8-16-9-14-11-10(16)12(18)15-13(19)17(11)4-2/h3,9H,1,4-8H2,2H3,(H,15,18,19). The molecule has 6 nitrogen and oxygen atoms in total. The van der Waals surface area contributed by atoms with Crippen LogP contribution < -0.4 is 11.2 Å². The van der Waals surface area contributed by atoms with Crippen molar-refractivity contribution in [2.75, 3.05) is 0 Å². The minimum atomic E-state index is -0.406. The highest BCUT2D eigenvalue weighted by molar-refractivity contribution is 5.69. The molecule has 0 radical (unpaired) electrons. The maximum atomic E-state index is 11.9. The van der Waals surface area contributed by atoms with E-state index in [2.05, 4.69) is 16.5 Å². The summed E-state index contributed by atoms with van der Waals surface area (Å²) in [6.07, 6.45) is 6.44. The van der Waals surface area contributed by atoms with Gasteiger partial charge in [-0.2, -0.15) is 0 Å². The van der Waals surface area contributed by atoms with Crippen LogP contribution in [0.1, 0.15) is 26.2 Å². The lowest BCUT2D eigenvalue weighted by atomic mass is 10.2. The molecule has 0 saturated heterocycles. The van der Waals surface area contributed by atoms with Crippen LogP contribution in [-0.2, 0) is 13.1 Å². The molecule has 0 saturated carbocycles. The molecule has 0 spiro atoms. The second-order valence-electron chi connectivity index (χ2n) is 4.40. The summed E-state index contributed by atoms with van der Waals surface area (Å²) in [7, 11) is 0. The number of hydrogen-bond acceptors (Lipinski definition) is 3. The Balaban J connectivity index is 2.39. The summed E-state index contributed by atoms with van der Waals surface area (Å²) in [5, 5.41) is 0. The Morgan fingerprint density at radius 3 is 2.89 bits per heavy atom. The number of hydrogen-bond donors (Lipinski definition) is 1. The Bertz CT molecular complexity index is 693. The third kappa shape index (κ3) is 2.52. The number of rotatable bonds is 6. The van der Waals surface area contributed by atoms with Crippen LogP contribution in [-0.4, -0.2) is 19.1 Å². The number of aromatic amines is 1. The Morgan fingerprint density at radius 2 is 2.21 bits per heavy atom. The monoisotopic (exact) mass is 262 g/mol. The van der Waals surface area contributed by atoms with Crippen LogP contribution in [0.5, 0.6) is 0 Å². The topological polar surface area (TPSA) is 72.7 Å². The van der Waals surface area contributed by atoms with Crippen molar-refractivity contribution < 1.29 is 0 Å². The predicted molar refractivity (Wildman–Crippen MR) is 74.3 cm³/mol. The highest BCUT2D eigenvalue weighted by Gasteiger charge is 2.11. The fourth-order valence-corrected chi connectivity index (χ4v) is 2.15. The highest BCUT2D eigenvalue weighted by atomic mass is 16.2. The third-order valence-corrected chi connectivity index (χ3v) is 3.13. The van der Waals surface area contributed by atoms with Gasteiger partial charge < -0.3 is 4.57 Å². The van der Waals surface area contributed by atoms with Crippen LogP contribution in [0.15, 0.2) is 28.6 Å². The van der Waals surface area contributed by atoms with E-state index in [-0.39, 0.29) is 5.56 Å². The molecule has 2 heterocycles. The highest BCUT2D eigenvalue weighted by Crippen LogP contribution is 2.08. The number of nitrogens with zero attached hydrogens (tertiary/aromatic N) is 3. The number of imidazole rings is 1. The van der Waals surface area contributed by atoms with E-state index in [1.807, 2.05) is 17.6 Å². The van der Waals surface area contributed by atoms with Crippen LogP contribution in [0.2, 0.25) is 0 Å². The molecule has 2 rings (SSSR count). The molecular weight excluding hydrogens is 244 g/mol. The molecule has 0 bridgehead atoms. The quantitative estimate of drug-likeness (QED) is 0.629. The Hall–Kier alpha value is -2.11. The molecule has 0 fully saturated rings. The van der Waals surface area contributed by atoms with Crippen molar-refractivity contribution >= 4 is 11.2 Å². The predicted octanol–water partition coefficient (Wildman–Crippen LogP) is 1.26. The molecule has 0 aliphatic carbocycles. The van der Waals surface area contributed by atoms with Gasteiger partial charge in [0, 0.05) is 13.1 Å². The zero-order chi connectivity index (χ0) is 13.8. The van der Waals surface area contributed by atoms with E-state index >= 15 is 0 Å². The molecule has 1 N–H and O–H groups in total. The molecule has 0 unspecified atom stereocenters. The number of allylic oxidation sites excluding steroid dienone is 1. The Labute approximate surface area is 110 Å². The summed E-state index contributed by atoms with van der Waals surface area (Å²) >= 11 is 0. The molecule has 0 aliphatic rings. The molecule has 0 aliphatic heterocycles. The summed E-state index contributed by atoms with van der Waals surface area (Å²) in [5.41, 5.74) is 0.155. The molecule has 19 heavy (non-hydrogen) atoms. The molecule has 6 heteroatoms. The molecule has 0 aromatic carbocycles. The van der Waals surface area contributed by atoms with Gasteiger partial charge in [-0.15, -0.1) is 6.58 Å². The summed E-state index contributed by atoms with van der Waals surface area (Å²) < 4.78 is 3.28. The van der Waals surface area contributed by atoms with Crippen LogP contribution >= 0.6 is 0 Å². The number of H-pyrrole nitrogens is 1. The van der Waals surface area contributed by atoms with Crippen molar-refractivity contribution in [2.24, 2.45) is 0 Å². The largest absolute Gasteiger partial charge is 0.330 e. The van der Waals surface area contributed by atoms with E-state index in [1.54, 1.807) is 6.33 Å². The Kier molecular flexibility index (Phi) is 3.99. The van der Waals surface area contributed by atoms with Crippen molar-refractivity contribution in [3.05, 3.63) is 39.8 Å². The van der Waals surface area contributed by atoms with Crippen molar-refractivity contribution in [3.8, 4) is 0 Å². The maximum Gasteiger partial charge on any atom is 0.330 e. The molecule has 0 amide bonds. The SMILES string of the molecule is C=CCCCCn1cnc2c1c(=O)[nH]c(=O)n2CC. The van der Waals surface area contributed by atoms with Gasteiger partial charge in [-0.3, -0.25) is 14.3 Å². The lowest BCUT2D eigenvalue weighted by molar-refractivity contribution is 0.624. The van der Waals surface area contributed by atoms with Gasteiger partial charge in [0.1, 0.15) is 0 Å². The summed E-state index contributed by atoms with van der Waals surface area (Å²) in [4.78, 5) is 30.1. The van der Waals surface area contributed by atoms with E-state index in [0.717, 1.165) is 25.8 Å². The van der Waals surface area contributed by atoms with Crippen molar-refractivity contribution in [2.45, 2.75) is 39.3 Å². The van der Waals surface area contributed by atoms with Crippen molar-refractivity contribution in [1.29, 1.82) is 0 Å². The fraction of sp³-hybridized carbons (Fsp3) is 0.462. The first kappa shape index (κ1) is 13.3. The van der Waals surface area contributed by atoms with E-state index in [4.69, 9.17) is 0 Å². The lowest BCUT2D eigenvalue weighted by Crippen LogP contribution is -2.30. The number of nitrogens with one attached hydrogen (secondary N) is 1. The zero-order valence-electron chi connectivity index (χ0n) is 11.1. The van der Waals surface area contributed by atoms with Crippen LogP contribution in [0.3, 0.4) is 0 Å². The van der Waals surface area contributed by atoms with E-state index < -0.39 is 5.69 Å². The number of fused-ring (bicyclic) bond motifs is 1. The van der Waals surface area contributed by atoms with E-state index in [9.17, 15) is 9.59 Å². The first-order chi connectivity index (χ1) is 9.19. The van der Waals surface area contributed by atoms with Crippen LogP contribution in [0, 0.1) is 0 Å². The van der Waals surface area contributed by atoms with Crippen molar-refractivity contribution in [3.63, 3.8) is 0 Å².